The molecule has 0 saturated heterocycles. The molecule has 0 saturated carbocycles. The Labute approximate surface area is 48.7 Å². The first-order valence-corrected chi connectivity index (χ1v) is 2.58. The van der Waals surface area contributed by atoms with Crippen molar-refractivity contribution in [1.29, 1.82) is 0 Å². The van der Waals surface area contributed by atoms with Gasteiger partial charge in [0.25, 0.3) is 0 Å². The van der Waals surface area contributed by atoms with Crippen LogP contribution >= 0.6 is 0 Å². The molecule has 1 rings (SSSR count). The van der Waals surface area contributed by atoms with Crippen molar-refractivity contribution in [3.05, 3.63) is 0 Å². The van der Waals surface area contributed by atoms with E-state index in [1.165, 1.54) is 0 Å². The lowest BCUT2D eigenvalue weighted by molar-refractivity contribution is 0.533. The SMILES string of the molecule is CC1=NCC=NN1C. The third-order valence-electron chi connectivity index (χ3n) is 1.12. The lowest BCUT2D eigenvalue weighted by Crippen LogP contribution is -2.21. The zero-order valence-electron chi connectivity index (χ0n) is 5.13. The van der Waals surface area contributed by atoms with Crippen LogP contribution in [0.4, 0.5) is 0 Å². The zero-order valence-corrected chi connectivity index (χ0v) is 5.13. The number of hydrazone groups is 1. The number of aliphatic imine (C=N–C) groups is 1. The molecular weight excluding hydrogens is 102 g/mol. The topological polar surface area (TPSA) is 28.0 Å². The molecule has 0 aromatic heterocycles. The first-order chi connectivity index (χ1) is 3.80. The molecule has 0 atom stereocenters. The first kappa shape index (κ1) is 5.28. The smallest absolute Gasteiger partial charge is 0.116 e. The van der Waals surface area contributed by atoms with Crippen LogP contribution in [0.5, 0.6) is 0 Å². The maximum Gasteiger partial charge on any atom is 0.116 e. The molecule has 44 valence electrons. The van der Waals surface area contributed by atoms with Crippen molar-refractivity contribution in [2.45, 2.75) is 6.92 Å². The van der Waals surface area contributed by atoms with E-state index >= 15 is 0 Å². The van der Waals surface area contributed by atoms with Gasteiger partial charge in [-0.25, -0.2) is 0 Å². The van der Waals surface area contributed by atoms with E-state index in [4.69, 9.17) is 0 Å². The van der Waals surface area contributed by atoms with Gasteiger partial charge in [-0.15, -0.1) is 0 Å². The van der Waals surface area contributed by atoms with Crippen molar-refractivity contribution >= 4 is 12.1 Å². The average Bonchev–Trinajstić information content (AvgIpc) is 1.77. The van der Waals surface area contributed by atoms with Crippen molar-refractivity contribution in [3.63, 3.8) is 0 Å². The van der Waals surface area contributed by atoms with Gasteiger partial charge in [0.05, 0.1) is 6.54 Å². The molecule has 1 aliphatic heterocycles. The predicted octanol–water partition coefficient (Wildman–Crippen LogP) is 0.336. The average molecular weight is 111 g/mol. The molecule has 1 aliphatic rings. The van der Waals surface area contributed by atoms with Gasteiger partial charge in [-0.1, -0.05) is 0 Å². The summed E-state index contributed by atoms with van der Waals surface area (Å²) in [5, 5.41) is 5.74. The number of hydrogen-bond acceptors (Lipinski definition) is 3. The molecule has 0 N–H and O–H groups in total. The second-order valence-corrected chi connectivity index (χ2v) is 1.71. The minimum atomic E-state index is 0.732. The normalized spacial score (nSPS) is 18.8. The van der Waals surface area contributed by atoms with Gasteiger partial charge in [0.2, 0.25) is 0 Å². The Hall–Kier alpha value is -0.860. The van der Waals surface area contributed by atoms with Crippen LogP contribution < -0.4 is 0 Å². The molecule has 3 heteroatoms. The highest BCUT2D eigenvalue weighted by atomic mass is 15.5. The summed E-state index contributed by atoms with van der Waals surface area (Å²) in [7, 11) is 1.88. The maximum atomic E-state index is 4.10. The van der Waals surface area contributed by atoms with Crippen LogP contribution in [-0.4, -0.2) is 30.7 Å². The van der Waals surface area contributed by atoms with Gasteiger partial charge < -0.3 is 0 Å². The molecule has 1 heterocycles. The number of rotatable bonds is 0. The molecule has 0 aliphatic carbocycles. The van der Waals surface area contributed by atoms with Crippen molar-refractivity contribution in [1.82, 2.24) is 5.01 Å². The predicted molar refractivity (Wildman–Crippen MR) is 34.2 cm³/mol. The molecule has 0 amide bonds. The van der Waals surface area contributed by atoms with E-state index in [1.54, 1.807) is 11.2 Å². The Bertz CT molecular complexity index is 137. The van der Waals surface area contributed by atoms with E-state index in [0.717, 1.165) is 12.4 Å². The molecule has 0 aromatic rings. The fraction of sp³-hybridized carbons (Fsp3) is 0.600. The fourth-order valence-electron chi connectivity index (χ4n) is 0.518. The van der Waals surface area contributed by atoms with Gasteiger partial charge in [-0.2, -0.15) is 5.10 Å². The van der Waals surface area contributed by atoms with Crippen molar-refractivity contribution in [3.8, 4) is 0 Å². The summed E-state index contributed by atoms with van der Waals surface area (Å²) in [5.74, 6) is 0.979. The van der Waals surface area contributed by atoms with Crippen LogP contribution in [0.1, 0.15) is 6.92 Å². The van der Waals surface area contributed by atoms with Crippen LogP contribution in [0.15, 0.2) is 10.1 Å². The molecule has 0 aromatic carbocycles. The summed E-state index contributed by atoms with van der Waals surface area (Å²) in [6, 6.07) is 0. The van der Waals surface area contributed by atoms with Crippen molar-refractivity contribution in [2.24, 2.45) is 10.1 Å². The highest BCUT2D eigenvalue weighted by molar-refractivity contribution is 5.83. The van der Waals surface area contributed by atoms with Crippen LogP contribution in [-0.2, 0) is 0 Å². The summed E-state index contributed by atoms with van der Waals surface area (Å²) in [4.78, 5) is 4.10. The minimum Gasteiger partial charge on any atom is -0.265 e. The van der Waals surface area contributed by atoms with E-state index in [9.17, 15) is 0 Å². The van der Waals surface area contributed by atoms with Crippen LogP contribution in [0, 0.1) is 0 Å². The van der Waals surface area contributed by atoms with E-state index in [0.29, 0.717) is 0 Å². The number of nitrogens with zero attached hydrogens (tertiary/aromatic N) is 3. The lowest BCUT2D eigenvalue weighted by Gasteiger charge is -2.13. The third-order valence-corrected chi connectivity index (χ3v) is 1.12. The molecule has 8 heavy (non-hydrogen) atoms. The Morgan fingerprint density at radius 2 is 2.50 bits per heavy atom. The van der Waals surface area contributed by atoms with Crippen LogP contribution in [0.3, 0.4) is 0 Å². The third kappa shape index (κ3) is 0.857. The van der Waals surface area contributed by atoms with Gasteiger partial charge >= 0.3 is 0 Å². The molecule has 0 bridgehead atoms. The Morgan fingerprint density at radius 3 is 2.88 bits per heavy atom. The summed E-state index contributed by atoms with van der Waals surface area (Å²) >= 11 is 0. The Morgan fingerprint density at radius 1 is 1.75 bits per heavy atom. The number of amidine groups is 1. The molecule has 3 nitrogen and oxygen atoms in total. The summed E-state index contributed by atoms with van der Waals surface area (Å²) in [5.41, 5.74) is 0. The van der Waals surface area contributed by atoms with Gasteiger partial charge in [0.1, 0.15) is 5.84 Å². The van der Waals surface area contributed by atoms with Gasteiger partial charge in [-0.05, 0) is 6.92 Å². The second kappa shape index (κ2) is 1.94. The second-order valence-electron chi connectivity index (χ2n) is 1.71. The van der Waals surface area contributed by atoms with Gasteiger partial charge in [-0.3, -0.25) is 10.0 Å². The molecule has 0 fully saturated rings. The van der Waals surface area contributed by atoms with Crippen LogP contribution in [0.25, 0.3) is 0 Å². The van der Waals surface area contributed by atoms with Gasteiger partial charge in [0.15, 0.2) is 0 Å². The van der Waals surface area contributed by atoms with Crippen molar-refractivity contribution in [2.75, 3.05) is 13.6 Å². The molecule has 0 radical (unpaired) electrons. The minimum absolute atomic E-state index is 0.732. The molecule has 0 unspecified atom stereocenters. The van der Waals surface area contributed by atoms with E-state index in [-0.39, 0.29) is 0 Å². The van der Waals surface area contributed by atoms with Crippen LogP contribution in [0.2, 0.25) is 0 Å². The standard InChI is InChI=1S/C5H9N3/c1-5-6-3-4-7-8(5)2/h4H,3H2,1-2H3. The van der Waals surface area contributed by atoms with Crippen molar-refractivity contribution < 1.29 is 0 Å². The van der Waals surface area contributed by atoms with Gasteiger partial charge in [0, 0.05) is 13.3 Å². The quantitative estimate of drug-likeness (QED) is 0.443. The molecule has 0 spiro atoms. The monoisotopic (exact) mass is 111 g/mol. The Kier molecular flexibility index (Phi) is 1.28. The summed E-state index contributed by atoms with van der Waals surface area (Å²) < 4.78 is 0. The zero-order chi connectivity index (χ0) is 5.98. The lowest BCUT2D eigenvalue weighted by atomic mass is 10.6. The largest absolute Gasteiger partial charge is 0.265 e. The Balaban J connectivity index is 2.63. The van der Waals surface area contributed by atoms with E-state index in [1.807, 2.05) is 14.0 Å². The summed E-state index contributed by atoms with van der Waals surface area (Å²) in [6.45, 7) is 2.67. The van der Waals surface area contributed by atoms with E-state index < -0.39 is 0 Å². The summed E-state index contributed by atoms with van der Waals surface area (Å²) in [6.07, 6.45) is 1.78. The van der Waals surface area contributed by atoms with E-state index in [2.05, 4.69) is 10.1 Å². The number of hydrogen-bond donors (Lipinski definition) is 0. The highest BCUT2D eigenvalue weighted by Crippen LogP contribution is 1.91. The first-order valence-electron chi connectivity index (χ1n) is 2.58. The highest BCUT2D eigenvalue weighted by Gasteiger charge is 1.98. The maximum absolute atomic E-state index is 4.10. The fourth-order valence-corrected chi connectivity index (χ4v) is 0.518. The molecular formula is C5H9N3.